The summed E-state index contributed by atoms with van der Waals surface area (Å²) in [5.74, 6) is 0.128. The molecule has 11 heavy (non-hydrogen) atoms. The van der Waals surface area contributed by atoms with Crippen molar-refractivity contribution in [2.75, 3.05) is 0 Å². The van der Waals surface area contributed by atoms with Gasteiger partial charge in [0, 0.05) is 11.8 Å². The molecule has 60 valence electrons. The lowest BCUT2D eigenvalue weighted by Gasteiger charge is -2.04. The number of aromatic nitrogens is 1. The molecule has 1 atom stereocenters. The summed E-state index contributed by atoms with van der Waals surface area (Å²) in [5.41, 5.74) is 1.21. The molecule has 0 aliphatic carbocycles. The van der Waals surface area contributed by atoms with Gasteiger partial charge < -0.3 is 10.2 Å². The summed E-state index contributed by atoms with van der Waals surface area (Å²) < 4.78 is 0. The van der Waals surface area contributed by atoms with Crippen molar-refractivity contribution in [3.63, 3.8) is 0 Å². The molecule has 0 amide bonds. The molecule has 0 fully saturated rings. The van der Waals surface area contributed by atoms with Crippen LogP contribution in [0.5, 0.6) is 5.75 Å². The van der Waals surface area contributed by atoms with E-state index in [1.807, 2.05) is 0 Å². The summed E-state index contributed by atoms with van der Waals surface area (Å²) in [6, 6.07) is 1.52. The maximum atomic E-state index is 9.18. The maximum Gasteiger partial charge on any atom is 0.137 e. The summed E-state index contributed by atoms with van der Waals surface area (Å²) in [5, 5.41) is 18.3. The second kappa shape index (κ2) is 2.88. The van der Waals surface area contributed by atoms with E-state index in [9.17, 15) is 5.11 Å². The normalized spacial score (nSPS) is 13.0. The molecular formula is C8H11NO2. The predicted molar refractivity (Wildman–Crippen MR) is 41.3 cm³/mol. The fourth-order valence-electron chi connectivity index (χ4n) is 0.766. The highest BCUT2D eigenvalue weighted by Crippen LogP contribution is 2.18. The van der Waals surface area contributed by atoms with Crippen LogP contribution in [0.4, 0.5) is 0 Å². The minimum absolute atomic E-state index is 0.128. The lowest BCUT2D eigenvalue weighted by atomic mass is 10.2. The van der Waals surface area contributed by atoms with Gasteiger partial charge in [0.05, 0.1) is 11.8 Å². The highest BCUT2D eigenvalue weighted by atomic mass is 16.3. The molecule has 0 bridgehead atoms. The van der Waals surface area contributed by atoms with Crippen LogP contribution in [-0.4, -0.2) is 15.2 Å². The molecule has 3 nitrogen and oxygen atoms in total. The van der Waals surface area contributed by atoms with Crippen molar-refractivity contribution in [3.8, 4) is 5.75 Å². The predicted octanol–water partition coefficient (Wildman–Crippen LogP) is 1.15. The van der Waals surface area contributed by atoms with Gasteiger partial charge in [-0.15, -0.1) is 0 Å². The van der Waals surface area contributed by atoms with Gasteiger partial charge in [-0.05, 0) is 19.9 Å². The molecule has 2 N–H and O–H groups in total. The number of pyridine rings is 1. The van der Waals surface area contributed by atoms with Gasteiger partial charge in [0.1, 0.15) is 5.75 Å². The summed E-state index contributed by atoms with van der Waals surface area (Å²) in [6.07, 6.45) is 0.980. The Labute approximate surface area is 65.3 Å². The van der Waals surface area contributed by atoms with Crippen molar-refractivity contribution >= 4 is 0 Å². The first kappa shape index (κ1) is 8.01. The lowest BCUT2D eigenvalue weighted by Crippen LogP contribution is -1.93. The van der Waals surface area contributed by atoms with Crippen LogP contribution >= 0.6 is 0 Å². The number of nitrogens with zero attached hydrogens (tertiary/aromatic N) is 1. The third-order valence-electron chi connectivity index (χ3n) is 1.56. The van der Waals surface area contributed by atoms with E-state index < -0.39 is 6.10 Å². The van der Waals surface area contributed by atoms with Crippen LogP contribution in [0.3, 0.4) is 0 Å². The van der Waals surface area contributed by atoms with Crippen LogP contribution < -0.4 is 0 Å². The van der Waals surface area contributed by atoms with Crippen molar-refractivity contribution in [1.29, 1.82) is 0 Å². The van der Waals surface area contributed by atoms with Crippen molar-refractivity contribution < 1.29 is 10.2 Å². The number of aryl methyl sites for hydroxylation is 1. The van der Waals surface area contributed by atoms with E-state index in [0.29, 0.717) is 11.3 Å². The van der Waals surface area contributed by atoms with Gasteiger partial charge in [0.2, 0.25) is 0 Å². The Hall–Kier alpha value is -1.09. The van der Waals surface area contributed by atoms with Crippen molar-refractivity contribution in [2.45, 2.75) is 20.0 Å². The Morgan fingerprint density at radius 3 is 2.64 bits per heavy atom. The number of hydrogen-bond acceptors (Lipinski definition) is 3. The van der Waals surface area contributed by atoms with Gasteiger partial charge in [-0.1, -0.05) is 0 Å². The number of rotatable bonds is 1. The minimum Gasteiger partial charge on any atom is -0.506 e. The zero-order valence-corrected chi connectivity index (χ0v) is 6.57. The highest BCUT2D eigenvalue weighted by molar-refractivity contribution is 5.29. The maximum absolute atomic E-state index is 9.18. The largest absolute Gasteiger partial charge is 0.506 e. The zero-order valence-electron chi connectivity index (χ0n) is 6.57. The molecule has 0 aliphatic heterocycles. The number of aliphatic hydroxyl groups excluding tert-OH is 1. The van der Waals surface area contributed by atoms with E-state index in [1.165, 1.54) is 6.07 Å². The standard InChI is InChI=1S/C8H11NO2/c1-5-8(11)3-7(4-9-5)6(2)10/h3-4,6,10-11H,1-2H3. The molecule has 1 unspecified atom stereocenters. The van der Waals surface area contributed by atoms with Crippen LogP contribution in [0.2, 0.25) is 0 Å². The number of hydrogen-bond donors (Lipinski definition) is 2. The third kappa shape index (κ3) is 1.68. The zero-order chi connectivity index (χ0) is 8.43. The Morgan fingerprint density at radius 2 is 2.18 bits per heavy atom. The summed E-state index contributed by atoms with van der Waals surface area (Å²) >= 11 is 0. The molecule has 0 spiro atoms. The van der Waals surface area contributed by atoms with Crippen molar-refractivity contribution in [3.05, 3.63) is 23.5 Å². The van der Waals surface area contributed by atoms with Gasteiger partial charge in [0.15, 0.2) is 0 Å². The molecule has 3 heteroatoms. The summed E-state index contributed by atoms with van der Waals surface area (Å²) in [7, 11) is 0. The van der Waals surface area contributed by atoms with E-state index >= 15 is 0 Å². The third-order valence-corrected chi connectivity index (χ3v) is 1.56. The molecule has 1 aromatic heterocycles. The van der Waals surface area contributed by atoms with Crippen LogP contribution in [0.15, 0.2) is 12.3 Å². The van der Waals surface area contributed by atoms with Crippen molar-refractivity contribution in [2.24, 2.45) is 0 Å². The molecule has 0 aromatic carbocycles. The first-order chi connectivity index (χ1) is 5.11. The molecule has 1 aromatic rings. The monoisotopic (exact) mass is 153 g/mol. The van der Waals surface area contributed by atoms with Gasteiger partial charge in [-0.25, -0.2) is 0 Å². The highest BCUT2D eigenvalue weighted by Gasteiger charge is 2.03. The van der Waals surface area contributed by atoms with Crippen LogP contribution in [0.25, 0.3) is 0 Å². The van der Waals surface area contributed by atoms with E-state index in [-0.39, 0.29) is 5.75 Å². The quantitative estimate of drug-likeness (QED) is 0.636. The molecule has 1 heterocycles. The molecule has 0 radical (unpaired) electrons. The van der Waals surface area contributed by atoms with E-state index in [0.717, 1.165) is 0 Å². The number of aromatic hydroxyl groups is 1. The van der Waals surface area contributed by atoms with Crippen LogP contribution in [0, 0.1) is 6.92 Å². The molecule has 0 aliphatic rings. The minimum atomic E-state index is -0.575. The fourth-order valence-corrected chi connectivity index (χ4v) is 0.766. The smallest absolute Gasteiger partial charge is 0.137 e. The molecule has 0 saturated heterocycles. The van der Waals surface area contributed by atoms with Gasteiger partial charge in [0.25, 0.3) is 0 Å². The van der Waals surface area contributed by atoms with Gasteiger partial charge in [-0.3, -0.25) is 4.98 Å². The second-order valence-corrected chi connectivity index (χ2v) is 2.55. The average molecular weight is 153 g/mol. The molecular weight excluding hydrogens is 142 g/mol. The number of aliphatic hydroxyl groups is 1. The lowest BCUT2D eigenvalue weighted by molar-refractivity contribution is 0.198. The molecule has 1 rings (SSSR count). The van der Waals surface area contributed by atoms with E-state index in [1.54, 1.807) is 20.0 Å². The first-order valence-corrected chi connectivity index (χ1v) is 3.45. The molecule has 0 saturated carbocycles. The van der Waals surface area contributed by atoms with Gasteiger partial charge in [-0.2, -0.15) is 0 Å². The van der Waals surface area contributed by atoms with Crippen LogP contribution in [-0.2, 0) is 0 Å². The Bertz CT molecular complexity index is 258. The summed E-state index contributed by atoms with van der Waals surface area (Å²) in [6.45, 7) is 3.34. The Morgan fingerprint density at radius 1 is 1.55 bits per heavy atom. The summed E-state index contributed by atoms with van der Waals surface area (Å²) in [4.78, 5) is 3.89. The van der Waals surface area contributed by atoms with Crippen molar-refractivity contribution in [1.82, 2.24) is 4.98 Å². The first-order valence-electron chi connectivity index (χ1n) is 3.45. The Kier molecular flexibility index (Phi) is 2.10. The second-order valence-electron chi connectivity index (χ2n) is 2.55. The fraction of sp³-hybridized carbons (Fsp3) is 0.375. The van der Waals surface area contributed by atoms with E-state index in [2.05, 4.69) is 4.98 Å². The van der Waals surface area contributed by atoms with Gasteiger partial charge >= 0.3 is 0 Å². The van der Waals surface area contributed by atoms with E-state index in [4.69, 9.17) is 5.11 Å². The topological polar surface area (TPSA) is 53.4 Å². The SMILES string of the molecule is Cc1ncc(C(C)O)cc1O. The average Bonchev–Trinajstić information content (AvgIpc) is 1.94. The Balaban J connectivity index is 3.05. The van der Waals surface area contributed by atoms with Crippen LogP contribution in [0.1, 0.15) is 24.3 Å².